The normalized spacial score (nSPS) is 11.4. The van der Waals surface area contributed by atoms with Crippen molar-refractivity contribution in [3.05, 3.63) is 17.7 Å². The van der Waals surface area contributed by atoms with Crippen LogP contribution in [0.3, 0.4) is 0 Å². The lowest BCUT2D eigenvalue weighted by Gasteiger charge is -2.14. The van der Waals surface area contributed by atoms with Crippen LogP contribution in [-0.4, -0.2) is 39.8 Å². The van der Waals surface area contributed by atoms with Gasteiger partial charge in [-0.05, 0) is 19.9 Å². The Morgan fingerprint density at radius 2 is 1.85 bits per heavy atom. The molecule has 112 valence electrons. The molecule has 0 aliphatic rings. The van der Waals surface area contributed by atoms with E-state index in [1.54, 1.807) is 13.8 Å². The van der Waals surface area contributed by atoms with Gasteiger partial charge in [0.05, 0.1) is 19.1 Å². The first-order chi connectivity index (χ1) is 9.22. The van der Waals surface area contributed by atoms with Gasteiger partial charge in [0.25, 0.3) is 0 Å². The summed E-state index contributed by atoms with van der Waals surface area (Å²) in [4.78, 5) is 11.0. The van der Waals surface area contributed by atoms with E-state index in [0.717, 1.165) is 6.07 Å². The van der Waals surface area contributed by atoms with Crippen LogP contribution in [-0.2, 0) is 10.0 Å². The highest BCUT2D eigenvalue weighted by Crippen LogP contribution is 2.34. The van der Waals surface area contributed by atoms with Crippen molar-refractivity contribution in [1.29, 1.82) is 0 Å². The molecule has 0 aliphatic heterocycles. The molecule has 20 heavy (non-hydrogen) atoms. The molecule has 0 saturated heterocycles. The highest BCUT2D eigenvalue weighted by atomic mass is 32.2. The van der Waals surface area contributed by atoms with Crippen molar-refractivity contribution in [2.45, 2.75) is 24.8 Å². The number of rotatable bonds is 6. The van der Waals surface area contributed by atoms with Crippen molar-refractivity contribution in [1.82, 2.24) is 4.72 Å². The third-order valence-electron chi connectivity index (χ3n) is 2.38. The largest absolute Gasteiger partial charge is 0.493 e. The second-order valence-corrected chi connectivity index (χ2v) is 6.00. The maximum atomic E-state index is 12.1. The van der Waals surface area contributed by atoms with Gasteiger partial charge in [0.1, 0.15) is 5.56 Å². The van der Waals surface area contributed by atoms with Crippen LogP contribution in [0.5, 0.6) is 11.5 Å². The zero-order valence-corrected chi connectivity index (χ0v) is 12.4. The molecule has 0 aromatic heterocycles. The maximum absolute atomic E-state index is 12.1. The number of hydrogen-bond donors (Lipinski definition) is 2. The van der Waals surface area contributed by atoms with Gasteiger partial charge >= 0.3 is 5.97 Å². The summed E-state index contributed by atoms with van der Waals surface area (Å²) in [7, 11) is -1.24. The average molecular weight is 303 g/mol. The number of methoxy groups -OCH3 is 2. The van der Waals surface area contributed by atoms with Gasteiger partial charge < -0.3 is 14.6 Å². The maximum Gasteiger partial charge on any atom is 0.339 e. The summed E-state index contributed by atoms with van der Waals surface area (Å²) in [5.74, 6) is -1.29. The Labute approximate surface area is 117 Å². The second-order valence-electron chi connectivity index (χ2n) is 4.29. The zero-order chi connectivity index (χ0) is 15.5. The molecule has 2 N–H and O–H groups in total. The summed E-state index contributed by atoms with van der Waals surface area (Å²) in [6, 6.07) is 1.94. The zero-order valence-electron chi connectivity index (χ0n) is 11.6. The molecule has 8 heteroatoms. The highest BCUT2D eigenvalue weighted by molar-refractivity contribution is 7.89. The first-order valence-corrected chi connectivity index (χ1v) is 7.23. The summed E-state index contributed by atoms with van der Waals surface area (Å²) in [5.41, 5.74) is -0.281. The van der Waals surface area contributed by atoms with Gasteiger partial charge in [-0.2, -0.15) is 0 Å². The number of carboxylic acids is 1. The number of aromatic carboxylic acids is 1. The van der Waals surface area contributed by atoms with Crippen molar-refractivity contribution >= 4 is 16.0 Å². The van der Waals surface area contributed by atoms with E-state index in [0.29, 0.717) is 0 Å². The molecular weight excluding hydrogens is 286 g/mol. The fourth-order valence-electron chi connectivity index (χ4n) is 1.63. The number of nitrogens with one attached hydrogen (secondary N) is 1. The molecule has 0 aliphatic carbocycles. The number of hydrogen-bond acceptors (Lipinski definition) is 5. The Bertz CT molecular complexity index is 609. The van der Waals surface area contributed by atoms with Crippen LogP contribution in [0.25, 0.3) is 0 Å². The molecule has 0 radical (unpaired) electrons. The Morgan fingerprint density at radius 1 is 1.25 bits per heavy atom. The lowest BCUT2D eigenvalue weighted by molar-refractivity contribution is 0.0692. The van der Waals surface area contributed by atoms with E-state index < -0.39 is 16.0 Å². The van der Waals surface area contributed by atoms with Gasteiger partial charge in [0.2, 0.25) is 10.0 Å². The fourth-order valence-corrected chi connectivity index (χ4v) is 2.92. The minimum atomic E-state index is -3.82. The highest BCUT2D eigenvalue weighted by Gasteiger charge is 2.24. The van der Waals surface area contributed by atoms with Crippen LogP contribution in [0.2, 0.25) is 0 Å². The SMILES string of the molecule is COc1cc(S(=O)(=O)NC(C)C)cc(C(=O)O)c1OC. The molecule has 7 nitrogen and oxygen atoms in total. The fraction of sp³-hybridized carbons (Fsp3) is 0.417. The molecule has 0 atom stereocenters. The molecule has 0 fully saturated rings. The third-order valence-corrected chi connectivity index (χ3v) is 4.02. The minimum absolute atomic E-state index is 0.0245. The van der Waals surface area contributed by atoms with Crippen LogP contribution in [0.1, 0.15) is 24.2 Å². The minimum Gasteiger partial charge on any atom is -0.493 e. The lowest BCUT2D eigenvalue weighted by Crippen LogP contribution is -2.30. The number of ether oxygens (including phenoxy) is 2. The molecular formula is C12H17NO6S. The quantitative estimate of drug-likeness (QED) is 0.815. The first-order valence-electron chi connectivity index (χ1n) is 5.74. The van der Waals surface area contributed by atoms with Gasteiger partial charge in [-0.15, -0.1) is 0 Å². The van der Waals surface area contributed by atoms with Crippen LogP contribution in [0, 0.1) is 0 Å². The Morgan fingerprint density at radius 3 is 2.25 bits per heavy atom. The van der Waals surface area contributed by atoms with Crippen LogP contribution < -0.4 is 14.2 Å². The van der Waals surface area contributed by atoms with E-state index in [2.05, 4.69) is 4.72 Å². The van der Waals surface area contributed by atoms with Crippen molar-refractivity contribution in [3.63, 3.8) is 0 Å². The topological polar surface area (TPSA) is 102 Å². The van der Waals surface area contributed by atoms with Gasteiger partial charge in [0, 0.05) is 12.1 Å². The Balaban J connectivity index is 3.51. The third kappa shape index (κ3) is 3.40. The number of carboxylic acid groups (broad SMARTS) is 1. The molecule has 0 heterocycles. The Hall–Kier alpha value is -1.80. The van der Waals surface area contributed by atoms with Crippen molar-refractivity contribution < 1.29 is 27.8 Å². The van der Waals surface area contributed by atoms with E-state index >= 15 is 0 Å². The van der Waals surface area contributed by atoms with Crippen LogP contribution in [0.15, 0.2) is 17.0 Å². The molecule has 1 aromatic carbocycles. The summed E-state index contributed by atoms with van der Waals surface area (Å²) in [5, 5.41) is 9.14. The van der Waals surface area contributed by atoms with Gasteiger partial charge in [-0.25, -0.2) is 17.9 Å². The predicted octanol–water partition coefficient (Wildman–Crippen LogP) is 1.09. The standard InChI is InChI=1S/C12H17NO6S/c1-7(2)13-20(16,17)8-5-9(12(14)15)11(19-4)10(6-8)18-3/h5-7,13H,1-4H3,(H,14,15). The van der Waals surface area contributed by atoms with Crippen molar-refractivity contribution in [2.24, 2.45) is 0 Å². The summed E-state index contributed by atoms with van der Waals surface area (Å²) < 4.78 is 36.5. The summed E-state index contributed by atoms with van der Waals surface area (Å²) >= 11 is 0. The van der Waals surface area contributed by atoms with Gasteiger partial charge in [-0.3, -0.25) is 0 Å². The molecule has 0 spiro atoms. The number of carbonyl (C=O) groups is 1. The first kappa shape index (κ1) is 16.3. The van der Waals surface area contributed by atoms with Crippen LogP contribution >= 0.6 is 0 Å². The molecule has 0 unspecified atom stereocenters. The van der Waals surface area contributed by atoms with Crippen molar-refractivity contribution in [3.8, 4) is 11.5 Å². The molecule has 0 saturated carbocycles. The number of benzene rings is 1. The molecule has 0 bridgehead atoms. The van der Waals surface area contributed by atoms with E-state index in [9.17, 15) is 13.2 Å². The summed E-state index contributed by atoms with van der Waals surface area (Å²) in [6.07, 6.45) is 0. The van der Waals surface area contributed by atoms with Gasteiger partial charge in [-0.1, -0.05) is 0 Å². The average Bonchev–Trinajstić information content (AvgIpc) is 2.35. The van der Waals surface area contributed by atoms with Crippen LogP contribution in [0.4, 0.5) is 0 Å². The smallest absolute Gasteiger partial charge is 0.339 e. The molecule has 1 aromatic rings. The summed E-state index contributed by atoms with van der Waals surface area (Å²) in [6.45, 7) is 3.33. The molecule has 1 rings (SSSR count). The van der Waals surface area contributed by atoms with Crippen molar-refractivity contribution in [2.75, 3.05) is 14.2 Å². The number of sulfonamides is 1. The monoisotopic (exact) mass is 303 g/mol. The van der Waals surface area contributed by atoms with E-state index in [-0.39, 0.29) is 28.0 Å². The predicted molar refractivity (Wildman–Crippen MR) is 72.0 cm³/mol. The Kier molecular flexibility index (Phi) is 4.96. The van der Waals surface area contributed by atoms with E-state index in [4.69, 9.17) is 14.6 Å². The van der Waals surface area contributed by atoms with E-state index in [1.807, 2.05) is 0 Å². The lowest BCUT2D eigenvalue weighted by atomic mass is 10.2. The van der Waals surface area contributed by atoms with Gasteiger partial charge in [0.15, 0.2) is 11.5 Å². The van der Waals surface area contributed by atoms with E-state index in [1.165, 1.54) is 20.3 Å². The second kappa shape index (κ2) is 6.10. The molecule has 0 amide bonds.